The van der Waals surface area contributed by atoms with Gasteiger partial charge in [-0.15, -0.1) is 0 Å². The Labute approximate surface area is 151 Å². The van der Waals surface area contributed by atoms with Crippen LogP contribution in [0.4, 0.5) is 0 Å². The highest BCUT2D eigenvalue weighted by Gasteiger charge is 2.71. The summed E-state index contributed by atoms with van der Waals surface area (Å²) >= 11 is 0. The molecule has 2 bridgehead atoms. The van der Waals surface area contributed by atoms with Gasteiger partial charge in [0.2, 0.25) is 6.04 Å². The summed E-state index contributed by atoms with van der Waals surface area (Å²) in [7, 11) is 0. The summed E-state index contributed by atoms with van der Waals surface area (Å²) in [6.45, 7) is 3.98. The highest BCUT2D eigenvalue weighted by Crippen LogP contribution is 2.46. The number of nitrogens with one attached hydrogen (secondary N) is 1. The number of carbonyl (C=O) groups is 2. The first-order valence-electron chi connectivity index (χ1n) is 9.00. The zero-order valence-corrected chi connectivity index (χ0v) is 14.7. The Kier molecular flexibility index (Phi) is 4.40. The zero-order valence-electron chi connectivity index (χ0n) is 14.7. The fourth-order valence-electron chi connectivity index (χ4n) is 4.15. The number of carbonyl (C=O) groups excluding carboxylic acids is 2. The third kappa shape index (κ3) is 2.58. The quantitative estimate of drug-likeness (QED) is 0.708. The van der Waals surface area contributed by atoms with E-state index in [0.717, 1.165) is 5.56 Å². The number of esters is 2. The van der Waals surface area contributed by atoms with Gasteiger partial charge in [-0.3, -0.25) is 9.59 Å². The number of hydrogen-bond acceptors (Lipinski definition) is 6. The van der Waals surface area contributed by atoms with Gasteiger partial charge >= 0.3 is 17.8 Å². The molecule has 0 aromatic heterocycles. The van der Waals surface area contributed by atoms with E-state index in [2.05, 4.69) is 4.99 Å². The molecule has 3 heterocycles. The topological polar surface area (TPSA) is 85.0 Å². The third-order valence-electron chi connectivity index (χ3n) is 5.15. The van der Waals surface area contributed by atoms with Gasteiger partial charge in [0.25, 0.3) is 0 Å². The molecule has 0 radical (unpaired) electrons. The van der Waals surface area contributed by atoms with Crippen LogP contribution in [0, 0.1) is 11.8 Å². The Morgan fingerprint density at radius 2 is 1.58 bits per heavy atom. The second-order valence-corrected chi connectivity index (χ2v) is 6.57. The summed E-state index contributed by atoms with van der Waals surface area (Å²) in [5.74, 6) is -1.62. The molecule has 0 spiro atoms. The normalized spacial score (nSPS) is 34.0. The Bertz CT molecular complexity index is 733. The van der Waals surface area contributed by atoms with Crippen molar-refractivity contribution in [3.8, 4) is 0 Å². The highest BCUT2D eigenvalue weighted by molar-refractivity contribution is 5.91. The molecule has 0 saturated carbocycles. The average molecular weight is 360 g/mol. The van der Waals surface area contributed by atoms with Gasteiger partial charge in [0.1, 0.15) is 24.0 Å². The molecule has 3 aliphatic heterocycles. The van der Waals surface area contributed by atoms with Crippen molar-refractivity contribution in [2.75, 3.05) is 13.2 Å². The predicted molar refractivity (Wildman–Crippen MR) is 89.1 cm³/mol. The predicted octanol–water partition coefficient (Wildman–Crippen LogP) is -0.579. The molecule has 138 valence electrons. The van der Waals surface area contributed by atoms with Gasteiger partial charge < -0.3 is 18.9 Å². The van der Waals surface area contributed by atoms with Crippen molar-refractivity contribution >= 4 is 17.8 Å². The van der Waals surface area contributed by atoms with E-state index in [0.29, 0.717) is 5.90 Å². The van der Waals surface area contributed by atoms with Crippen LogP contribution in [0.2, 0.25) is 0 Å². The molecule has 0 unspecified atom stereocenters. The summed E-state index contributed by atoms with van der Waals surface area (Å²) in [5.41, 5.74) is 0.918. The minimum absolute atomic E-state index is 0.199. The number of rotatable bonds is 5. The average Bonchev–Trinajstić information content (AvgIpc) is 3.32. The Hall–Kier alpha value is -2.41. The molecule has 4 rings (SSSR count). The lowest BCUT2D eigenvalue weighted by molar-refractivity contribution is -0.502. The second kappa shape index (κ2) is 6.72. The lowest BCUT2D eigenvalue weighted by Crippen LogP contribution is -2.82. The molecule has 2 saturated heterocycles. The van der Waals surface area contributed by atoms with Gasteiger partial charge in [0.05, 0.1) is 18.8 Å². The van der Waals surface area contributed by atoms with Gasteiger partial charge in [0.15, 0.2) is 6.10 Å². The lowest BCUT2D eigenvalue weighted by atomic mass is 9.75. The Morgan fingerprint density at radius 1 is 0.962 bits per heavy atom. The maximum absolute atomic E-state index is 12.5. The van der Waals surface area contributed by atoms with E-state index in [9.17, 15) is 9.59 Å². The highest BCUT2D eigenvalue weighted by atomic mass is 16.6. The van der Waals surface area contributed by atoms with E-state index in [1.165, 1.54) is 0 Å². The van der Waals surface area contributed by atoms with E-state index < -0.39 is 36.0 Å². The Balaban J connectivity index is 1.63. The van der Waals surface area contributed by atoms with Crippen molar-refractivity contribution in [1.82, 2.24) is 0 Å². The van der Waals surface area contributed by atoms with Crippen LogP contribution in [0.3, 0.4) is 0 Å². The number of fused-ring (bicyclic) bond motifs is 5. The third-order valence-corrected chi connectivity index (χ3v) is 5.15. The van der Waals surface area contributed by atoms with Crippen LogP contribution in [0.25, 0.3) is 0 Å². The van der Waals surface area contributed by atoms with E-state index in [-0.39, 0.29) is 25.4 Å². The molecule has 7 heteroatoms. The van der Waals surface area contributed by atoms with Crippen molar-refractivity contribution in [2.24, 2.45) is 11.8 Å². The molecule has 3 aliphatic rings. The Morgan fingerprint density at radius 3 is 2.19 bits per heavy atom. The summed E-state index contributed by atoms with van der Waals surface area (Å²) in [5, 5.41) is 0. The number of benzene rings is 1. The van der Waals surface area contributed by atoms with Crippen molar-refractivity contribution in [3.05, 3.63) is 35.9 Å². The van der Waals surface area contributed by atoms with Crippen LogP contribution >= 0.6 is 0 Å². The molecular weight excluding hydrogens is 338 g/mol. The minimum Gasteiger partial charge on any atom is -0.466 e. The van der Waals surface area contributed by atoms with Crippen molar-refractivity contribution in [1.29, 1.82) is 0 Å². The van der Waals surface area contributed by atoms with Crippen molar-refractivity contribution in [3.63, 3.8) is 0 Å². The van der Waals surface area contributed by atoms with Gasteiger partial charge in [0, 0.05) is 0 Å². The molecule has 2 fully saturated rings. The largest absolute Gasteiger partial charge is 0.466 e. The lowest BCUT2D eigenvalue weighted by Gasteiger charge is -2.28. The van der Waals surface area contributed by atoms with Crippen LogP contribution in [0.15, 0.2) is 30.3 Å². The van der Waals surface area contributed by atoms with Crippen LogP contribution in [-0.2, 0) is 28.5 Å². The van der Waals surface area contributed by atoms with Gasteiger partial charge in [-0.1, -0.05) is 18.2 Å². The van der Waals surface area contributed by atoms with Crippen LogP contribution in [0.5, 0.6) is 0 Å². The zero-order chi connectivity index (χ0) is 18.3. The van der Waals surface area contributed by atoms with Gasteiger partial charge in [-0.05, 0) is 26.0 Å². The first-order valence-corrected chi connectivity index (χ1v) is 9.00. The first kappa shape index (κ1) is 17.0. The smallest absolute Gasteiger partial charge is 0.369 e. The molecular formula is C19H22NO6+. The summed E-state index contributed by atoms with van der Waals surface area (Å²) in [4.78, 5) is 28.3. The summed E-state index contributed by atoms with van der Waals surface area (Å²) in [6.07, 6.45) is -1.36. The first-order chi connectivity index (χ1) is 12.7. The second-order valence-electron chi connectivity index (χ2n) is 6.57. The maximum atomic E-state index is 12.5. The molecule has 1 aromatic carbocycles. The monoisotopic (exact) mass is 360 g/mol. The van der Waals surface area contributed by atoms with Gasteiger partial charge in [-0.2, -0.15) is 0 Å². The molecule has 6 atom stereocenters. The molecule has 26 heavy (non-hydrogen) atoms. The van der Waals surface area contributed by atoms with E-state index >= 15 is 0 Å². The van der Waals surface area contributed by atoms with Gasteiger partial charge in [-0.25, -0.2) is 4.99 Å². The fourth-order valence-corrected chi connectivity index (χ4v) is 4.15. The number of hydrogen-bond donors (Lipinski definition) is 1. The number of ether oxygens (including phenoxy) is 4. The van der Waals surface area contributed by atoms with Crippen LogP contribution < -0.4 is 4.99 Å². The van der Waals surface area contributed by atoms with E-state index in [1.807, 2.05) is 30.3 Å². The minimum atomic E-state index is -0.711. The molecule has 1 N–H and O–H groups in total. The summed E-state index contributed by atoms with van der Waals surface area (Å²) < 4.78 is 22.4. The van der Waals surface area contributed by atoms with E-state index in [1.54, 1.807) is 13.8 Å². The molecule has 7 nitrogen and oxygen atoms in total. The van der Waals surface area contributed by atoms with Crippen molar-refractivity contribution in [2.45, 2.75) is 38.2 Å². The fraction of sp³-hybridized carbons (Fsp3) is 0.526. The maximum Gasteiger partial charge on any atom is 0.369 e. The molecule has 1 aromatic rings. The molecule has 0 aliphatic carbocycles. The SMILES string of the molecule is CCOC(=O)[C@H]1[C@@H]2O[C@@H]([C@H]3[NH+]=C(c4ccccc4)O[C@H]32)[C@@H]1C(=O)OCC. The van der Waals surface area contributed by atoms with Crippen molar-refractivity contribution < 1.29 is 33.5 Å². The van der Waals surface area contributed by atoms with Crippen LogP contribution in [-0.4, -0.2) is 55.4 Å². The van der Waals surface area contributed by atoms with E-state index in [4.69, 9.17) is 18.9 Å². The van der Waals surface area contributed by atoms with Crippen LogP contribution in [0.1, 0.15) is 19.4 Å². The summed E-state index contributed by atoms with van der Waals surface area (Å²) in [6, 6.07) is 9.47. The molecule has 0 amide bonds. The standard InChI is InChI=1S/C19H21NO6/c1-3-23-18(21)11-12(19(22)24-4-2)15-16-13(14(11)25-15)20-17(26-16)10-8-6-5-7-9-10/h5-9,11-16H,3-4H2,1-2H3/p+1/t11-,12-,13-,14-,15+,16-/m1/s1.